The summed E-state index contributed by atoms with van der Waals surface area (Å²) < 4.78 is 6.64. The maximum atomic E-state index is 10.6. The summed E-state index contributed by atoms with van der Waals surface area (Å²) in [6.45, 7) is 1.43. The lowest BCUT2D eigenvalue weighted by atomic mass is 10.3. The van der Waals surface area contributed by atoms with Crippen LogP contribution in [0, 0.1) is 0 Å². The molecule has 64 valence electrons. The highest BCUT2D eigenvalue weighted by atomic mass is 16.5. The monoisotopic (exact) mass is 169 g/mol. The standard InChI is InChI=1S/C6H7N3O3/c10-6(11)5-4-3-12-2-1-9(4)8-7-5/h1-3H2,(H,10,11). The number of hydrogen-bond donors (Lipinski definition) is 1. The quantitative estimate of drug-likeness (QED) is 0.613. The van der Waals surface area contributed by atoms with Gasteiger partial charge in [0.2, 0.25) is 0 Å². The first-order chi connectivity index (χ1) is 5.79. The maximum Gasteiger partial charge on any atom is 0.358 e. The van der Waals surface area contributed by atoms with Crippen LogP contribution in [-0.2, 0) is 17.9 Å². The summed E-state index contributed by atoms with van der Waals surface area (Å²) in [6.07, 6.45) is 0. The van der Waals surface area contributed by atoms with E-state index in [1.54, 1.807) is 4.68 Å². The zero-order valence-corrected chi connectivity index (χ0v) is 6.23. The minimum atomic E-state index is -1.05. The van der Waals surface area contributed by atoms with Gasteiger partial charge in [0.1, 0.15) is 0 Å². The molecule has 0 radical (unpaired) electrons. The van der Waals surface area contributed by atoms with Crippen molar-refractivity contribution >= 4 is 5.97 Å². The molecule has 1 aliphatic rings. The molecule has 0 aliphatic carbocycles. The van der Waals surface area contributed by atoms with Gasteiger partial charge in [-0.2, -0.15) is 0 Å². The van der Waals surface area contributed by atoms with Crippen LogP contribution in [0.4, 0.5) is 0 Å². The Morgan fingerprint density at radius 2 is 2.50 bits per heavy atom. The average Bonchev–Trinajstić information content (AvgIpc) is 2.47. The van der Waals surface area contributed by atoms with Gasteiger partial charge in [-0.25, -0.2) is 9.48 Å². The van der Waals surface area contributed by atoms with Crippen LogP contribution in [-0.4, -0.2) is 32.7 Å². The fourth-order valence-electron chi connectivity index (χ4n) is 1.14. The van der Waals surface area contributed by atoms with E-state index in [0.717, 1.165) is 0 Å². The molecule has 1 aromatic heterocycles. The first-order valence-corrected chi connectivity index (χ1v) is 3.52. The molecule has 1 aliphatic heterocycles. The van der Waals surface area contributed by atoms with E-state index in [2.05, 4.69) is 10.3 Å². The molecule has 0 saturated heterocycles. The van der Waals surface area contributed by atoms with Gasteiger partial charge in [0.15, 0.2) is 5.69 Å². The van der Waals surface area contributed by atoms with Crippen molar-refractivity contribution in [1.82, 2.24) is 15.0 Å². The van der Waals surface area contributed by atoms with Gasteiger partial charge in [0.25, 0.3) is 0 Å². The zero-order valence-electron chi connectivity index (χ0n) is 6.23. The minimum absolute atomic E-state index is 0.00491. The lowest BCUT2D eigenvalue weighted by Crippen LogP contribution is -2.18. The number of hydrogen-bond acceptors (Lipinski definition) is 4. The highest BCUT2D eigenvalue weighted by Gasteiger charge is 2.21. The summed E-state index contributed by atoms with van der Waals surface area (Å²) in [7, 11) is 0. The van der Waals surface area contributed by atoms with Crippen molar-refractivity contribution < 1.29 is 14.6 Å². The fourth-order valence-corrected chi connectivity index (χ4v) is 1.14. The lowest BCUT2D eigenvalue weighted by Gasteiger charge is -2.12. The number of aromatic carboxylic acids is 1. The van der Waals surface area contributed by atoms with Gasteiger partial charge in [0, 0.05) is 0 Å². The van der Waals surface area contributed by atoms with Gasteiger partial charge in [-0.15, -0.1) is 5.10 Å². The van der Waals surface area contributed by atoms with Crippen molar-refractivity contribution in [3.63, 3.8) is 0 Å². The molecule has 12 heavy (non-hydrogen) atoms. The van der Waals surface area contributed by atoms with Crippen LogP contribution in [0.3, 0.4) is 0 Å². The Morgan fingerprint density at radius 3 is 3.25 bits per heavy atom. The van der Waals surface area contributed by atoms with E-state index in [0.29, 0.717) is 18.8 Å². The molecule has 6 nitrogen and oxygen atoms in total. The topological polar surface area (TPSA) is 77.2 Å². The third-order valence-corrected chi connectivity index (χ3v) is 1.73. The lowest BCUT2D eigenvalue weighted by molar-refractivity contribution is 0.0652. The molecule has 0 saturated carbocycles. The first-order valence-electron chi connectivity index (χ1n) is 3.52. The Bertz CT molecular complexity index is 320. The van der Waals surface area contributed by atoms with Gasteiger partial charge >= 0.3 is 5.97 Å². The summed E-state index contributed by atoms with van der Waals surface area (Å²) in [5.41, 5.74) is 0.545. The number of rotatable bonds is 1. The van der Waals surface area contributed by atoms with Crippen LogP contribution in [0.25, 0.3) is 0 Å². The molecule has 0 spiro atoms. The second-order valence-electron chi connectivity index (χ2n) is 2.47. The van der Waals surface area contributed by atoms with Crippen LogP contribution < -0.4 is 0 Å². The van der Waals surface area contributed by atoms with Crippen molar-refractivity contribution in [2.75, 3.05) is 6.61 Å². The van der Waals surface area contributed by atoms with E-state index in [4.69, 9.17) is 9.84 Å². The molecule has 0 fully saturated rings. The van der Waals surface area contributed by atoms with Gasteiger partial charge < -0.3 is 9.84 Å². The molecule has 6 heteroatoms. The van der Waals surface area contributed by atoms with E-state index in [1.165, 1.54) is 0 Å². The van der Waals surface area contributed by atoms with Gasteiger partial charge in [0.05, 0.1) is 25.5 Å². The minimum Gasteiger partial charge on any atom is -0.476 e. The van der Waals surface area contributed by atoms with E-state index in [-0.39, 0.29) is 12.3 Å². The van der Waals surface area contributed by atoms with E-state index in [1.807, 2.05) is 0 Å². The number of carboxylic acid groups (broad SMARTS) is 1. The summed E-state index contributed by atoms with van der Waals surface area (Å²) in [5, 5.41) is 15.9. The normalized spacial score (nSPS) is 15.7. The van der Waals surface area contributed by atoms with Crippen LogP contribution in [0.2, 0.25) is 0 Å². The number of fused-ring (bicyclic) bond motifs is 1. The molecule has 1 aromatic rings. The van der Waals surface area contributed by atoms with Crippen LogP contribution in [0.1, 0.15) is 16.2 Å². The van der Waals surface area contributed by atoms with Crippen molar-refractivity contribution in [1.29, 1.82) is 0 Å². The number of carboxylic acids is 1. The maximum absolute atomic E-state index is 10.6. The van der Waals surface area contributed by atoms with Gasteiger partial charge in [-0.1, -0.05) is 5.21 Å². The summed E-state index contributed by atoms with van der Waals surface area (Å²) in [4.78, 5) is 10.6. The highest BCUT2D eigenvalue weighted by Crippen LogP contribution is 2.10. The predicted octanol–water partition coefficient (Wildman–Crippen LogP) is -0.494. The van der Waals surface area contributed by atoms with Crippen molar-refractivity contribution in [2.24, 2.45) is 0 Å². The molecule has 0 unspecified atom stereocenters. The molecule has 0 atom stereocenters. The van der Waals surface area contributed by atoms with Crippen LogP contribution in [0.15, 0.2) is 0 Å². The second kappa shape index (κ2) is 2.56. The third-order valence-electron chi connectivity index (χ3n) is 1.73. The molecular weight excluding hydrogens is 162 g/mol. The molecule has 2 heterocycles. The number of nitrogens with zero attached hydrogens (tertiary/aromatic N) is 3. The molecule has 1 N–H and O–H groups in total. The van der Waals surface area contributed by atoms with Gasteiger partial charge in [-0.3, -0.25) is 0 Å². The second-order valence-corrected chi connectivity index (χ2v) is 2.47. The fraction of sp³-hybridized carbons (Fsp3) is 0.500. The average molecular weight is 169 g/mol. The van der Waals surface area contributed by atoms with Gasteiger partial charge in [-0.05, 0) is 0 Å². The number of carbonyl (C=O) groups is 1. The number of ether oxygens (including phenoxy) is 1. The summed E-state index contributed by atoms with van der Waals surface area (Å²) >= 11 is 0. The molecule has 2 rings (SSSR count). The molecular formula is C6H7N3O3. The SMILES string of the molecule is O=C(O)c1nnn2c1COCC2. The van der Waals surface area contributed by atoms with E-state index in [9.17, 15) is 4.79 Å². The summed E-state index contributed by atoms with van der Waals surface area (Å²) in [5.74, 6) is -1.05. The van der Waals surface area contributed by atoms with Crippen molar-refractivity contribution in [3.05, 3.63) is 11.4 Å². The Hall–Kier alpha value is -1.43. The Balaban J connectivity index is 2.44. The zero-order chi connectivity index (χ0) is 8.55. The Labute approximate surface area is 67.7 Å². The third kappa shape index (κ3) is 0.964. The number of aromatic nitrogens is 3. The predicted molar refractivity (Wildman–Crippen MR) is 36.6 cm³/mol. The van der Waals surface area contributed by atoms with Crippen LogP contribution >= 0.6 is 0 Å². The van der Waals surface area contributed by atoms with Crippen LogP contribution in [0.5, 0.6) is 0 Å². The Kier molecular flexibility index (Phi) is 1.54. The molecule has 0 aromatic carbocycles. The Morgan fingerprint density at radius 1 is 1.67 bits per heavy atom. The molecule has 0 bridgehead atoms. The van der Waals surface area contributed by atoms with E-state index < -0.39 is 5.97 Å². The smallest absolute Gasteiger partial charge is 0.358 e. The molecule has 0 amide bonds. The summed E-state index contributed by atoms with van der Waals surface area (Å²) in [6, 6.07) is 0. The highest BCUT2D eigenvalue weighted by molar-refractivity contribution is 5.86. The first kappa shape index (κ1) is 7.23. The largest absolute Gasteiger partial charge is 0.476 e. The van der Waals surface area contributed by atoms with Crippen molar-refractivity contribution in [2.45, 2.75) is 13.2 Å². The van der Waals surface area contributed by atoms with Crippen molar-refractivity contribution in [3.8, 4) is 0 Å². The van der Waals surface area contributed by atoms with E-state index >= 15 is 0 Å².